The van der Waals surface area contributed by atoms with Crippen LogP contribution < -0.4 is 5.73 Å². The SMILES string of the molecule is Cc1cc(C(=O)N2C[C@@H](N)[C@H](c3ccccc3)C2)c(C)n1C(C)c1ccccc1.Cl. The highest BCUT2D eigenvalue weighted by molar-refractivity contribution is 5.96. The van der Waals surface area contributed by atoms with Gasteiger partial charge in [-0.25, -0.2) is 0 Å². The van der Waals surface area contributed by atoms with E-state index in [1.807, 2.05) is 42.2 Å². The van der Waals surface area contributed by atoms with Crippen LogP contribution in [0.2, 0.25) is 0 Å². The molecule has 1 fully saturated rings. The summed E-state index contributed by atoms with van der Waals surface area (Å²) in [6.07, 6.45) is 0. The molecular formula is C25H30ClN3O. The van der Waals surface area contributed by atoms with Crippen molar-refractivity contribution < 1.29 is 4.79 Å². The fourth-order valence-electron chi connectivity index (χ4n) is 4.69. The highest BCUT2D eigenvalue weighted by atomic mass is 35.5. The quantitative estimate of drug-likeness (QED) is 0.661. The molecule has 158 valence electrons. The lowest BCUT2D eigenvalue weighted by atomic mass is 9.95. The third-order valence-corrected chi connectivity index (χ3v) is 6.26. The molecular weight excluding hydrogens is 394 g/mol. The molecule has 1 unspecified atom stereocenters. The van der Waals surface area contributed by atoms with Crippen LogP contribution in [0.4, 0.5) is 0 Å². The van der Waals surface area contributed by atoms with Gasteiger partial charge in [-0.3, -0.25) is 4.79 Å². The molecule has 3 aromatic rings. The average molecular weight is 424 g/mol. The molecule has 0 spiro atoms. The summed E-state index contributed by atoms with van der Waals surface area (Å²) in [6, 6.07) is 22.9. The predicted octanol–water partition coefficient (Wildman–Crippen LogP) is 4.70. The summed E-state index contributed by atoms with van der Waals surface area (Å²) in [4.78, 5) is 15.3. The number of rotatable bonds is 4. The molecule has 4 rings (SSSR count). The smallest absolute Gasteiger partial charge is 0.255 e. The highest BCUT2D eigenvalue weighted by Gasteiger charge is 2.35. The standard InChI is InChI=1S/C25H29N3O.ClH/c1-17-14-22(19(3)28(17)18(2)20-10-6-4-7-11-20)25(29)27-15-23(24(26)16-27)21-12-8-5-9-13-21;/h4-14,18,23-24H,15-16,26H2,1-3H3;1H/t18?,23-,24+;/m0./s1. The first-order valence-electron chi connectivity index (χ1n) is 10.3. The maximum absolute atomic E-state index is 13.4. The molecule has 1 aromatic heterocycles. The Morgan fingerprint density at radius 3 is 2.23 bits per heavy atom. The molecule has 0 saturated carbocycles. The van der Waals surface area contributed by atoms with E-state index in [4.69, 9.17) is 5.73 Å². The number of hydrogen-bond acceptors (Lipinski definition) is 2. The lowest BCUT2D eigenvalue weighted by Crippen LogP contribution is -2.32. The maximum atomic E-state index is 13.4. The largest absolute Gasteiger partial charge is 0.341 e. The number of benzene rings is 2. The normalized spacial score (nSPS) is 19.4. The van der Waals surface area contributed by atoms with Crippen molar-refractivity contribution in [2.24, 2.45) is 5.73 Å². The second-order valence-corrected chi connectivity index (χ2v) is 8.13. The highest BCUT2D eigenvalue weighted by Crippen LogP contribution is 2.30. The van der Waals surface area contributed by atoms with Gasteiger partial charge in [-0.15, -0.1) is 12.4 Å². The van der Waals surface area contributed by atoms with E-state index < -0.39 is 0 Å². The Kier molecular flexibility index (Phi) is 6.69. The van der Waals surface area contributed by atoms with Crippen molar-refractivity contribution in [2.75, 3.05) is 13.1 Å². The van der Waals surface area contributed by atoms with Crippen molar-refractivity contribution >= 4 is 18.3 Å². The van der Waals surface area contributed by atoms with Gasteiger partial charge in [0, 0.05) is 36.4 Å². The fraction of sp³-hybridized carbons (Fsp3) is 0.320. The van der Waals surface area contributed by atoms with Crippen molar-refractivity contribution in [3.05, 3.63) is 94.8 Å². The van der Waals surface area contributed by atoms with Crippen molar-refractivity contribution in [1.29, 1.82) is 0 Å². The number of aryl methyl sites for hydroxylation is 1. The molecule has 0 radical (unpaired) electrons. The summed E-state index contributed by atoms with van der Waals surface area (Å²) in [5.41, 5.74) is 11.8. The van der Waals surface area contributed by atoms with E-state index in [2.05, 4.69) is 54.8 Å². The Bertz CT molecular complexity index is 1000. The van der Waals surface area contributed by atoms with Gasteiger partial charge in [0.1, 0.15) is 0 Å². The van der Waals surface area contributed by atoms with E-state index >= 15 is 0 Å². The van der Waals surface area contributed by atoms with Crippen LogP contribution >= 0.6 is 12.4 Å². The molecule has 30 heavy (non-hydrogen) atoms. The van der Waals surface area contributed by atoms with Crippen LogP contribution in [-0.4, -0.2) is 34.5 Å². The number of carbonyl (C=O) groups is 1. The zero-order valence-electron chi connectivity index (χ0n) is 17.8. The summed E-state index contributed by atoms with van der Waals surface area (Å²) in [5, 5.41) is 0. The van der Waals surface area contributed by atoms with Crippen molar-refractivity contribution in [1.82, 2.24) is 9.47 Å². The van der Waals surface area contributed by atoms with E-state index in [0.717, 1.165) is 17.0 Å². The molecule has 1 aliphatic rings. The number of amides is 1. The van der Waals surface area contributed by atoms with Gasteiger partial charge in [0.25, 0.3) is 5.91 Å². The molecule has 1 amide bonds. The van der Waals surface area contributed by atoms with Gasteiger partial charge >= 0.3 is 0 Å². The van der Waals surface area contributed by atoms with Crippen molar-refractivity contribution in [3.8, 4) is 0 Å². The number of halogens is 1. The van der Waals surface area contributed by atoms with E-state index in [0.29, 0.717) is 13.1 Å². The van der Waals surface area contributed by atoms with Gasteiger partial charge in [-0.1, -0.05) is 60.7 Å². The Balaban J connectivity index is 0.00000256. The van der Waals surface area contributed by atoms with Gasteiger partial charge in [0.15, 0.2) is 0 Å². The van der Waals surface area contributed by atoms with E-state index in [-0.39, 0.29) is 36.3 Å². The van der Waals surface area contributed by atoms with Gasteiger partial charge in [0.2, 0.25) is 0 Å². The van der Waals surface area contributed by atoms with Gasteiger partial charge in [-0.05, 0) is 38.0 Å². The molecule has 1 saturated heterocycles. The number of likely N-dealkylation sites (tertiary alicyclic amines) is 1. The number of carbonyl (C=O) groups excluding carboxylic acids is 1. The molecule has 2 aromatic carbocycles. The molecule has 4 nitrogen and oxygen atoms in total. The molecule has 0 bridgehead atoms. The summed E-state index contributed by atoms with van der Waals surface area (Å²) >= 11 is 0. The lowest BCUT2D eigenvalue weighted by molar-refractivity contribution is 0.0788. The van der Waals surface area contributed by atoms with Crippen LogP contribution in [0.25, 0.3) is 0 Å². The topological polar surface area (TPSA) is 51.3 Å². The number of aromatic nitrogens is 1. The lowest BCUT2D eigenvalue weighted by Gasteiger charge is -2.20. The molecule has 0 aliphatic carbocycles. The first-order valence-corrected chi connectivity index (χ1v) is 10.3. The Morgan fingerprint density at radius 1 is 1.00 bits per heavy atom. The maximum Gasteiger partial charge on any atom is 0.255 e. The monoisotopic (exact) mass is 423 g/mol. The minimum atomic E-state index is -0.0342. The third-order valence-electron chi connectivity index (χ3n) is 6.26. The second kappa shape index (κ2) is 9.07. The van der Waals surface area contributed by atoms with E-state index in [9.17, 15) is 4.79 Å². The summed E-state index contributed by atoms with van der Waals surface area (Å²) in [5.74, 6) is 0.269. The first-order chi connectivity index (χ1) is 14.0. The van der Waals surface area contributed by atoms with Crippen LogP contribution in [0.15, 0.2) is 66.7 Å². The molecule has 2 heterocycles. The van der Waals surface area contributed by atoms with Gasteiger partial charge in [-0.2, -0.15) is 0 Å². The minimum Gasteiger partial charge on any atom is -0.341 e. The van der Waals surface area contributed by atoms with Crippen LogP contribution in [0.5, 0.6) is 0 Å². The van der Waals surface area contributed by atoms with Crippen LogP contribution in [0, 0.1) is 13.8 Å². The Morgan fingerprint density at radius 2 is 1.60 bits per heavy atom. The number of nitrogens with two attached hydrogens (primary N) is 1. The molecule has 3 atom stereocenters. The number of hydrogen-bond donors (Lipinski definition) is 1. The van der Waals surface area contributed by atoms with Gasteiger partial charge in [0.05, 0.1) is 11.6 Å². The molecule has 1 aliphatic heterocycles. The summed E-state index contributed by atoms with van der Waals surface area (Å²) < 4.78 is 2.26. The van der Waals surface area contributed by atoms with Crippen LogP contribution in [0.1, 0.15) is 51.8 Å². The predicted molar refractivity (Wildman–Crippen MR) is 124 cm³/mol. The van der Waals surface area contributed by atoms with Gasteiger partial charge < -0.3 is 15.2 Å². The minimum absolute atomic E-state index is 0. The van der Waals surface area contributed by atoms with Crippen molar-refractivity contribution in [2.45, 2.75) is 38.8 Å². The fourth-order valence-corrected chi connectivity index (χ4v) is 4.69. The second-order valence-electron chi connectivity index (χ2n) is 8.13. The first kappa shape index (κ1) is 22.1. The van der Waals surface area contributed by atoms with E-state index in [1.165, 1.54) is 11.1 Å². The van der Waals surface area contributed by atoms with Crippen molar-refractivity contribution in [3.63, 3.8) is 0 Å². The zero-order valence-corrected chi connectivity index (χ0v) is 18.6. The van der Waals surface area contributed by atoms with Crippen LogP contribution in [-0.2, 0) is 0 Å². The molecule has 2 N–H and O–H groups in total. The summed E-state index contributed by atoms with van der Waals surface area (Å²) in [6.45, 7) is 7.56. The number of nitrogens with zero attached hydrogens (tertiary/aromatic N) is 2. The average Bonchev–Trinajstić information content (AvgIpc) is 3.27. The Hall–Kier alpha value is -2.56. The third kappa shape index (κ3) is 4.03. The zero-order chi connectivity index (χ0) is 20.5. The van der Waals surface area contributed by atoms with E-state index in [1.54, 1.807) is 0 Å². The van der Waals surface area contributed by atoms with Crippen LogP contribution in [0.3, 0.4) is 0 Å². The Labute approximate surface area is 185 Å². The summed E-state index contributed by atoms with van der Waals surface area (Å²) in [7, 11) is 0. The molecule has 5 heteroatoms.